The van der Waals surface area contributed by atoms with Gasteiger partial charge in [0.05, 0.1) is 17.7 Å². The number of aliphatic hydroxyl groups is 2. The van der Waals surface area contributed by atoms with Crippen LogP contribution in [0.1, 0.15) is 88.5 Å². The van der Waals surface area contributed by atoms with Gasteiger partial charge in [0.15, 0.2) is 0 Å². The molecular formula is C38H52N4O4. The number of hydrogen-bond donors (Lipinski definition) is 2. The van der Waals surface area contributed by atoms with Crippen LogP contribution in [0, 0.1) is 34.5 Å². The summed E-state index contributed by atoms with van der Waals surface area (Å²) in [5.74, 6) is 2.48. The van der Waals surface area contributed by atoms with Gasteiger partial charge in [-0.25, -0.2) is 4.98 Å². The maximum Gasteiger partial charge on any atom is 0.273 e. The number of likely N-dealkylation sites (tertiary alicyclic amines) is 1. The number of aromatic nitrogens is 1. The van der Waals surface area contributed by atoms with Crippen LogP contribution < -0.4 is 0 Å². The van der Waals surface area contributed by atoms with Crippen LogP contribution >= 0.6 is 0 Å². The second kappa shape index (κ2) is 11.6. The highest BCUT2D eigenvalue weighted by molar-refractivity contribution is 5.98. The number of nitrogens with zero attached hydrogens (tertiary/aromatic N) is 4. The molecule has 1 aromatic heterocycles. The van der Waals surface area contributed by atoms with E-state index in [4.69, 9.17) is 0 Å². The lowest BCUT2D eigenvalue weighted by atomic mass is 9.44. The van der Waals surface area contributed by atoms with Gasteiger partial charge in [0.2, 0.25) is 5.91 Å². The number of pyridine rings is 1. The van der Waals surface area contributed by atoms with E-state index in [1.807, 2.05) is 35.2 Å². The molecule has 0 bridgehead atoms. The Morgan fingerprint density at radius 2 is 1.63 bits per heavy atom. The minimum absolute atomic E-state index is 0.0571. The Morgan fingerprint density at radius 3 is 2.46 bits per heavy atom. The summed E-state index contributed by atoms with van der Waals surface area (Å²) >= 11 is 0. The lowest BCUT2D eigenvalue weighted by molar-refractivity contribution is -0.157. The Balaban J connectivity index is 0.922. The van der Waals surface area contributed by atoms with E-state index in [0.29, 0.717) is 55.4 Å². The fraction of sp³-hybridized carbons (Fsp3) is 0.711. The molecule has 2 aromatic rings. The zero-order valence-electron chi connectivity index (χ0n) is 27.7. The molecule has 8 rings (SSSR count). The number of carbonyl (C=O) groups is 2. The van der Waals surface area contributed by atoms with Crippen molar-refractivity contribution in [3.63, 3.8) is 0 Å². The molecule has 2 aliphatic heterocycles. The number of fused-ring (bicyclic) bond motifs is 6. The molecule has 46 heavy (non-hydrogen) atoms. The smallest absolute Gasteiger partial charge is 0.273 e. The van der Waals surface area contributed by atoms with E-state index >= 15 is 0 Å². The predicted molar refractivity (Wildman–Crippen MR) is 177 cm³/mol. The molecule has 2 amide bonds. The predicted octanol–water partition coefficient (Wildman–Crippen LogP) is 4.73. The summed E-state index contributed by atoms with van der Waals surface area (Å²) in [6.07, 6.45) is 9.90. The normalized spacial score (nSPS) is 41.2. The van der Waals surface area contributed by atoms with Gasteiger partial charge >= 0.3 is 0 Å². The van der Waals surface area contributed by atoms with E-state index in [9.17, 15) is 19.8 Å². The first-order valence-electron chi connectivity index (χ1n) is 18.2. The molecule has 1 unspecified atom stereocenters. The van der Waals surface area contributed by atoms with Crippen LogP contribution in [-0.2, 0) is 4.79 Å². The molecule has 4 aliphatic carbocycles. The Labute approximate surface area is 273 Å². The summed E-state index contributed by atoms with van der Waals surface area (Å²) in [4.78, 5) is 38.2. The molecule has 0 radical (unpaired) electrons. The van der Waals surface area contributed by atoms with E-state index in [-0.39, 0.29) is 40.9 Å². The first-order valence-corrected chi connectivity index (χ1v) is 18.2. The number of amides is 2. The number of hydrogen-bond acceptors (Lipinski definition) is 6. The largest absolute Gasteiger partial charge is 0.393 e. The summed E-state index contributed by atoms with van der Waals surface area (Å²) in [7, 11) is 0. The summed E-state index contributed by atoms with van der Waals surface area (Å²) in [5, 5.41) is 23.4. The van der Waals surface area contributed by atoms with Crippen LogP contribution in [0.25, 0.3) is 10.9 Å². The minimum Gasteiger partial charge on any atom is -0.393 e. The lowest BCUT2D eigenvalue weighted by Gasteiger charge is -2.62. The minimum atomic E-state index is -0.433. The van der Waals surface area contributed by atoms with Crippen molar-refractivity contribution < 1.29 is 19.8 Å². The third-order valence-electron chi connectivity index (χ3n) is 14.3. The highest BCUT2D eigenvalue weighted by atomic mass is 16.3. The third-order valence-corrected chi connectivity index (χ3v) is 14.3. The molecule has 10 atom stereocenters. The standard InChI is InChI=1S/C38H52N4O4/c1-37-16-15-28-26(27(37)12-14-34(37)44)11-10-25-22-33(43)32(23-38(25,28)2)40-18-20-41(21-19-40)36(46)31-8-5-17-42(31)35(45)30-13-9-24-6-3-4-7-29(24)39-30/h3-4,6-7,9,13,25-28,31-34,43-44H,5,8,10-12,14-23H2,1-2H3/t25?,26-,27-,28-,31-,32-,33-,34-,37-,38-/m0/s1. The van der Waals surface area contributed by atoms with E-state index in [1.54, 1.807) is 11.0 Å². The quantitative estimate of drug-likeness (QED) is 0.511. The average Bonchev–Trinajstić information content (AvgIpc) is 3.68. The summed E-state index contributed by atoms with van der Waals surface area (Å²) in [6, 6.07) is 11.2. The van der Waals surface area contributed by atoms with E-state index < -0.39 is 6.04 Å². The second-order valence-corrected chi connectivity index (χ2v) is 16.3. The van der Waals surface area contributed by atoms with Crippen LogP contribution in [0.4, 0.5) is 0 Å². The maximum atomic E-state index is 13.9. The summed E-state index contributed by atoms with van der Waals surface area (Å²) in [5.41, 5.74) is 1.50. The number of benzene rings is 1. The van der Waals surface area contributed by atoms with Gasteiger partial charge in [0, 0.05) is 44.2 Å². The number of carbonyl (C=O) groups excluding carboxylic acids is 2. The van der Waals surface area contributed by atoms with Gasteiger partial charge in [-0.15, -0.1) is 0 Å². The molecule has 3 heterocycles. The highest BCUT2D eigenvalue weighted by Gasteiger charge is 2.61. The molecule has 2 N–H and O–H groups in total. The Kier molecular flexibility index (Phi) is 7.73. The molecule has 8 nitrogen and oxygen atoms in total. The molecule has 6 fully saturated rings. The number of rotatable bonds is 3. The van der Waals surface area contributed by atoms with Gasteiger partial charge in [-0.1, -0.05) is 38.1 Å². The summed E-state index contributed by atoms with van der Waals surface area (Å²) < 4.78 is 0. The highest BCUT2D eigenvalue weighted by Crippen LogP contribution is 2.66. The maximum absolute atomic E-state index is 13.9. The van der Waals surface area contributed by atoms with Gasteiger partial charge in [0.25, 0.3) is 5.91 Å². The van der Waals surface area contributed by atoms with Crippen molar-refractivity contribution in [2.75, 3.05) is 32.7 Å². The zero-order valence-corrected chi connectivity index (χ0v) is 27.7. The van der Waals surface area contributed by atoms with Crippen molar-refractivity contribution in [3.05, 3.63) is 42.1 Å². The Bertz CT molecular complexity index is 1490. The molecular weight excluding hydrogens is 576 g/mol. The van der Waals surface area contributed by atoms with Crippen molar-refractivity contribution in [1.82, 2.24) is 19.7 Å². The number of para-hydroxylation sites is 1. The molecule has 0 spiro atoms. The topological polar surface area (TPSA) is 97.2 Å². The van der Waals surface area contributed by atoms with E-state index in [1.165, 1.54) is 25.7 Å². The first-order chi connectivity index (χ1) is 22.2. The SMILES string of the molecule is C[C@]12CC[C@H]3[C@@H](CCC4C[C@H](O)[C@@H](N5CCN(C(=O)[C@@H]6CCCN6C(=O)c6ccc7ccccc7n6)CC5)C[C@@]43C)[C@@H]1CC[C@@H]2O. The Hall–Kier alpha value is -2.55. The fourth-order valence-corrected chi connectivity index (χ4v) is 11.7. The van der Waals surface area contributed by atoms with Crippen molar-refractivity contribution in [2.24, 2.45) is 34.5 Å². The summed E-state index contributed by atoms with van der Waals surface area (Å²) in [6.45, 7) is 8.29. The van der Waals surface area contributed by atoms with Crippen LogP contribution in [0.3, 0.4) is 0 Å². The molecule has 4 saturated carbocycles. The third kappa shape index (κ3) is 4.83. The van der Waals surface area contributed by atoms with Gasteiger partial charge in [-0.2, -0.15) is 0 Å². The van der Waals surface area contributed by atoms with Crippen LogP contribution in [0.15, 0.2) is 36.4 Å². The Morgan fingerprint density at radius 1 is 0.848 bits per heavy atom. The van der Waals surface area contributed by atoms with Crippen molar-refractivity contribution in [3.8, 4) is 0 Å². The second-order valence-electron chi connectivity index (χ2n) is 16.3. The number of piperazine rings is 1. The van der Waals surface area contributed by atoms with Gasteiger partial charge in [0.1, 0.15) is 11.7 Å². The first kappa shape index (κ1) is 30.8. The zero-order chi connectivity index (χ0) is 31.8. The van der Waals surface area contributed by atoms with Gasteiger partial charge < -0.3 is 20.0 Å². The molecule has 8 heteroatoms. The van der Waals surface area contributed by atoms with E-state index in [2.05, 4.69) is 23.7 Å². The van der Waals surface area contributed by atoms with Crippen molar-refractivity contribution in [2.45, 2.75) is 102 Å². The van der Waals surface area contributed by atoms with Gasteiger partial charge in [-0.05, 0) is 111 Å². The van der Waals surface area contributed by atoms with Crippen LogP contribution in [0.5, 0.6) is 0 Å². The molecule has 248 valence electrons. The van der Waals surface area contributed by atoms with Crippen molar-refractivity contribution >= 4 is 22.7 Å². The van der Waals surface area contributed by atoms with E-state index in [0.717, 1.165) is 56.1 Å². The molecule has 1 aromatic carbocycles. The molecule has 6 aliphatic rings. The fourth-order valence-electron chi connectivity index (χ4n) is 11.7. The van der Waals surface area contributed by atoms with Crippen LogP contribution in [0.2, 0.25) is 0 Å². The van der Waals surface area contributed by atoms with Crippen molar-refractivity contribution in [1.29, 1.82) is 0 Å². The average molecular weight is 629 g/mol. The van der Waals surface area contributed by atoms with Gasteiger partial charge in [-0.3, -0.25) is 14.5 Å². The number of aliphatic hydroxyl groups excluding tert-OH is 2. The molecule has 2 saturated heterocycles. The lowest BCUT2D eigenvalue weighted by Crippen LogP contribution is -2.62. The monoisotopic (exact) mass is 628 g/mol. The van der Waals surface area contributed by atoms with Crippen LogP contribution in [-0.4, -0.2) is 98.7 Å².